The van der Waals surface area contributed by atoms with E-state index >= 15 is 0 Å². The van der Waals surface area contributed by atoms with Crippen molar-refractivity contribution >= 4 is 0 Å². The summed E-state index contributed by atoms with van der Waals surface area (Å²) in [5.41, 5.74) is 10.2. The lowest BCUT2D eigenvalue weighted by Gasteiger charge is -2.29. The molecular weight excluding hydrogens is 248 g/mol. The number of nitrogens with zero attached hydrogens (tertiary/aromatic N) is 1. The SMILES string of the molecule is Cc1cc(C)cc(C(N)CN(C)CC2CCCCO2)c1. The van der Waals surface area contributed by atoms with E-state index in [0.29, 0.717) is 6.10 Å². The zero-order valence-corrected chi connectivity index (χ0v) is 13.1. The van der Waals surface area contributed by atoms with Crippen LogP contribution in [0.25, 0.3) is 0 Å². The highest BCUT2D eigenvalue weighted by atomic mass is 16.5. The Bertz CT molecular complexity index is 407. The molecule has 0 amide bonds. The molecular formula is C17H28N2O. The molecule has 1 aromatic carbocycles. The lowest BCUT2D eigenvalue weighted by atomic mass is 10.0. The van der Waals surface area contributed by atoms with Crippen molar-refractivity contribution in [1.82, 2.24) is 4.90 Å². The second kappa shape index (κ2) is 7.21. The topological polar surface area (TPSA) is 38.5 Å². The molecule has 3 heteroatoms. The van der Waals surface area contributed by atoms with Crippen LogP contribution in [-0.2, 0) is 4.74 Å². The van der Waals surface area contributed by atoms with Crippen LogP contribution in [-0.4, -0.2) is 37.7 Å². The Morgan fingerprint density at radius 1 is 1.25 bits per heavy atom. The first-order valence-electron chi connectivity index (χ1n) is 7.68. The van der Waals surface area contributed by atoms with E-state index in [1.165, 1.54) is 36.0 Å². The molecule has 0 aliphatic carbocycles. The molecule has 1 fully saturated rings. The normalized spacial score (nSPS) is 21.1. The number of rotatable bonds is 5. The van der Waals surface area contributed by atoms with E-state index in [1.54, 1.807) is 0 Å². The maximum atomic E-state index is 6.36. The standard InChI is InChI=1S/C17H28N2O/c1-13-8-14(2)10-15(9-13)17(18)12-19(3)11-16-6-4-5-7-20-16/h8-10,16-17H,4-7,11-12,18H2,1-3H3. The van der Waals surface area contributed by atoms with Crippen LogP contribution in [0.15, 0.2) is 18.2 Å². The van der Waals surface area contributed by atoms with Gasteiger partial charge >= 0.3 is 0 Å². The van der Waals surface area contributed by atoms with E-state index in [1.807, 2.05) is 0 Å². The minimum absolute atomic E-state index is 0.0715. The Morgan fingerprint density at radius 2 is 1.95 bits per heavy atom. The third-order valence-corrected chi connectivity index (χ3v) is 3.97. The molecule has 3 nitrogen and oxygen atoms in total. The highest BCUT2D eigenvalue weighted by Gasteiger charge is 2.17. The van der Waals surface area contributed by atoms with Gasteiger partial charge in [0.1, 0.15) is 0 Å². The van der Waals surface area contributed by atoms with Gasteiger partial charge in [0.05, 0.1) is 6.10 Å². The van der Waals surface area contributed by atoms with Crippen molar-refractivity contribution in [3.8, 4) is 0 Å². The Kier molecular flexibility index (Phi) is 5.58. The molecule has 2 unspecified atom stereocenters. The average Bonchev–Trinajstić information content (AvgIpc) is 2.38. The van der Waals surface area contributed by atoms with Gasteiger partial charge in [-0.15, -0.1) is 0 Å². The molecule has 1 aromatic rings. The molecule has 20 heavy (non-hydrogen) atoms. The summed E-state index contributed by atoms with van der Waals surface area (Å²) in [7, 11) is 2.14. The summed E-state index contributed by atoms with van der Waals surface area (Å²) in [6.45, 7) is 7.04. The quantitative estimate of drug-likeness (QED) is 0.898. The molecule has 1 aliphatic heterocycles. The first-order chi connectivity index (χ1) is 9.54. The largest absolute Gasteiger partial charge is 0.377 e. The third-order valence-electron chi connectivity index (χ3n) is 3.97. The molecule has 112 valence electrons. The van der Waals surface area contributed by atoms with E-state index in [4.69, 9.17) is 10.5 Å². The molecule has 2 rings (SSSR count). The Balaban J connectivity index is 1.87. The van der Waals surface area contributed by atoms with Gasteiger partial charge in [0.15, 0.2) is 0 Å². The van der Waals surface area contributed by atoms with Gasteiger partial charge in [-0.1, -0.05) is 29.3 Å². The van der Waals surface area contributed by atoms with Gasteiger partial charge in [-0.3, -0.25) is 0 Å². The summed E-state index contributed by atoms with van der Waals surface area (Å²) in [6.07, 6.45) is 4.08. The second-order valence-electron chi connectivity index (χ2n) is 6.24. The summed E-state index contributed by atoms with van der Waals surface area (Å²) in [5.74, 6) is 0. The van der Waals surface area contributed by atoms with Gasteiger partial charge < -0.3 is 15.4 Å². The van der Waals surface area contributed by atoms with E-state index in [-0.39, 0.29) is 6.04 Å². The van der Waals surface area contributed by atoms with Crippen molar-refractivity contribution in [2.45, 2.75) is 45.3 Å². The Labute approximate surface area is 123 Å². The fourth-order valence-corrected chi connectivity index (χ4v) is 3.04. The van der Waals surface area contributed by atoms with Gasteiger partial charge in [-0.05, 0) is 45.7 Å². The molecule has 1 saturated heterocycles. The summed E-state index contributed by atoms with van der Waals surface area (Å²) in [4.78, 5) is 2.30. The van der Waals surface area contributed by atoms with E-state index in [2.05, 4.69) is 44.0 Å². The number of aryl methyl sites for hydroxylation is 2. The zero-order valence-electron chi connectivity index (χ0n) is 13.1. The van der Waals surface area contributed by atoms with Crippen LogP contribution in [0.3, 0.4) is 0 Å². The van der Waals surface area contributed by atoms with Crippen LogP contribution in [0.1, 0.15) is 42.0 Å². The van der Waals surface area contributed by atoms with Gasteiger partial charge in [0, 0.05) is 25.7 Å². The number of ether oxygens (including phenoxy) is 1. The summed E-state index contributed by atoms with van der Waals surface area (Å²) in [5, 5.41) is 0. The fraction of sp³-hybridized carbons (Fsp3) is 0.647. The van der Waals surface area contributed by atoms with Crippen molar-refractivity contribution in [2.75, 3.05) is 26.7 Å². The predicted octanol–water partition coefficient (Wildman–Crippen LogP) is 2.80. The second-order valence-corrected chi connectivity index (χ2v) is 6.24. The van der Waals surface area contributed by atoms with Gasteiger partial charge in [-0.25, -0.2) is 0 Å². The average molecular weight is 276 g/mol. The minimum atomic E-state index is 0.0715. The number of hydrogen-bond acceptors (Lipinski definition) is 3. The minimum Gasteiger partial charge on any atom is -0.377 e. The van der Waals surface area contributed by atoms with Gasteiger partial charge in [0.25, 0.3) is 0 Å². The summed E-state index contributed by atoms with van der Waals surface area (Å²) < 4.78 is 5.79. The lowest BCUT2D eigenvalue weighted by molar-refractivity contribution is -0.00214. The van der Waals surface area contributed by atoms with Crippen molar-refractivity contribution in [1.29, 1.82) is 0 Å². The van der Waals surface area contributed by atoms with Gasteiger partial charge in [-0.2, -0.15) is 0 Å². The predicted molar refractivity (Wildman–Crippen MR) is 83.9 cm³/mol. The molecule has 2 atom stereocenters. The van der Waals surface area contributed by atoms with Crippen molar-refractivity contribution < 1.29 is 4.74 Å². The number of likely N-dealkylation sites (N-methyl/N-ethyl adjacent to an activating group) is 1. The summed E-state index contributed by atoms with van der Waals surface area (Å²) in [6, 6.07) is 6.66. The molecule has 1 aliphatic rings. The van der Waals surface area contributed by atoms with Crippen LogP contribution < -0.4 is 5.73 Å². The molecule has 0 spiro atoms. The van der Waals surface area contributed by atoms with E-state index in [0.717, 1.165) is 19.7 Å². The van der Waals surface area contributed by atoms with Crippen LogP contribution in [0.4, 0.5) is 0 Å². The Hall–Kier alpha value is -0.900. The molecule has 2 N–H and O–H groups in total. The van der Waals surface area contributed by atoms with Crippen LogP contribution >= 0.6 is 0 Å². The first kappa shape index (κ1) is 15.5. The van der Waals surface area contributed by atoms with Crippen molar-refractivity contribution in [2.24, 2.45) is 5.73 Å². The van der Waals surface area contributed by atoms with Crippen molar-refractivity contribution in [3.05, 3.63) is 34.9 Å². The smallest absolute Gasteiger partial charge is 0.0701 e. The molecule has 0 bridgehead atoms. The molecule has 1 heterocycles. The first-order valence-corrected chi connectivity index (χ1v) is 7.68. The van der Waals surface area contributed by atoms with Crippen LogP contribution in [0.2, 0.25) is 0 Å². The van der Waals surface area contributed by atoms with E-state index in [9.17, 15) is 0 Å². The maximum Gasteiger partial charge on any atom is 0.0701 e. The van der Waals surface area contributed by atoms with Gasteiger partial charge in [0.2, 0.25) is 0 Å². The Morgan fingerprint density at radius 3 is 2.55 bits per heavy atom. The van der Waals surface area contributed by atoms with Crippen LogP contribution in [0.5, 0.6) is 0 Å². The number of nitrogens with two attached hydrogens (primary N) is 1. The highest BCUT2D eigenvalue weighted by molar-refractivity contribution is 5.30. The molecule has 0 radical (unpaired) electrons. The van der Waals surface area contributed by atoms with Crippen molar-refractivity contribution in [3.63, 3.8) is 0 Å². The number of benzene rings is 1. The fourth-order valence-electron chi connectivity index (χ4n) is 3.04. The highest BCUT2D eigenvalue weighted by Crippen LogP contribution is 2.18. The monoisotopic (exact) mass is 276 g/mol. The molecule has 0 aromatic heterocycles. The molecule has 0 saturated carbocycles. The third kappa shape index (κ3) is 4.58. The van der Waals surface area contributed by atoms with Crippen LogP contribution in [0, 0.1) is 13.8 Å². The maximum absolute atomic E-state index is 6.36. The summed E-state index contributed by atoms with van der Waals surface area (Å²) >= 11 is 0. The number of hydrogen-bond donors (Lipinski definition) is 1. The van der Waals surface area contributed by atoms with E-state index < -0.39 is 0 Å². The zero-order chi connectivity index (χ0) is 14.5. The lowest BCUT2D eigenvalue weighted by Crippen LogP contribution is -2.37.